The lowest BCUT2D eigenvalue weighted by Crippen LogP contribution is -2.40. The smallest absolute Gasteiger partial charge is 0.226 e. The SMILES string of the molecule is CC(C)n1ccnc1C1CN(C(=O)C2CC2)Cc2ccccc21. The van der Waals surface area contributed by atoms with Crippen LogP contribution in [0, 0.1) is 5.92 Å². The Balaban J connectivity index is 1.74. The van der Waals surface area contributed by atoms with E-state index in [-0.39, 0.29) is 11.8 Å². The summed E-state index contributed by atoms with van der Waals surface area (Å²) in [5, 5.41) is 0. The zero-order valence-electron chi connectivity index (χ0n) is 13.8. The molecule has 1 atom stereocenters. The Hall–Kier alpha value is -2.10. The highest BCUT2D eigenvalue weighted by Gasteiger charge is 2.38. The van der Waals surface area contributed by atoms with E-state index in [4.69, 9.17) is 0 Å². The molecule has 2 aromatic rings. The van der Waals surface area contributed by atoms with Crippen LogP contribution in [0.1, 0.15) is 55.6 Å². The molecular formula is C19H23N3O. The topological polar surface area (TPSA) is 38.1 Å². The number of hydrogen-bond acceptors (Lipinski definition) is 2. The first kappa shape index (κ1) is 14.5. The second-order valence-electron chi connectivity index (χ2n) is 7.03. The molecule has 1 aromatic carbocycles. The van der Waals surface area contributed by atoms with Crippen LogP contribution in [-0.4, -0.2) is 26.9 Å². The quantitative estimate of drug-likeness (QED) is 0.872. The Morgan fingerprint density at radius 1 is 1.26 bits per heavy atom. The van der Waals surface area contributed by atoms with Gasteiger partial charge in [0.15, 0.2) is 0 Å². The number of hydrogen-bond donors (Lipinski definition) is 0. The molecule has 4 nitrogen and oxygen atoms in total. The van der Waals surface area contributed by atoms with Gasteiger partial charge in [0, 0.05) is 37.4 Å². The van der Waals surface area contributed by atoms with E-state index in [2.05, 4.69) is 47.7 Å². The van der Waals surface area contributed by atoms with Gasteiger partial charge >= 0.3 is 0 Å². The Kier molecular flexibility index (Phi) is 3.47. The van der Waals surface area contributed by atoms with Crippen LogP contribution in [-0.2, 0) is 11.3 Å². The van der Waals surface area contributed by atoms with Crippen molar-refractivity contribution in [3.05, 3.63) is 53.6 Å². The average molecular weight is 309 g/mol. The molecule has 0 spiro atoms. The molecule has 0 saturated heterocycles. The molecule has 1 aromatic heterocycles. The number of aromatic nitrogens is 2. The Labute approximate surface area is 137 Å². The molecule has 1 unspecified atom stereocenters. The lowest BCUT2D eigenvalue weighted by molar-refractivity contribution is -0.133. The van der Waals surface area contributed by atoms with Crippen LogP contribution in [0.3, 0.4) is 0 Å². The lowest BCUT2D eigenvalue weighted by Gasteiger charge is -2.35. The number of carbonyl (C=O) groups is 1. The van der Waals surface area contributed by atoms with Gasteiger partial charge in [-0.3, -0.25) is 4.79 Å². The van der Waals surface area contributed by atoms with Gasteiger partial charge in [-0.2, -0.15) is 0 Å². The summed E-state index contributed by atoms with van der Waals surface area (Å²) in [5.74, 6) is 1.83. The summed E-state index contributed by atoms with van der Waals surface area (Å²) >= 11 is 0. The highest BCUT2D eigenvalue weighted by atomic mass is 16.2. The van der Waals surface area contributed by atoms with Gasteiger partial charge < -0.3 is 9.47 Å². The standard InChI is InChI=1S/C19H23N3O/c1-13(2)22-10-9-20-18(22)17-12-21(19(23)14-7-8-14)11-15-5-3-4-6-16(15)17/h3-6,9-10,13-14,17H,7-8,11-12H2,1-2H3. The van der Waals surface area contributed by atoms with E-state index < -0.39 is 0 Å². The van der Waals surface area contributed by atoms with Crippen molar-refractivity contribution in [2.24, 2.45) is 5.92 Å². The Bertz CT molecular complexity index is 730. The largest absolute Gasteiger partial charge is 0.337 e. The molecular weight excluding hydrogens is 286 g/mol. The minimum Gasteiger partial charge on any atom is -0.337 e. The minimum atomic E-state index is 0.167. The molecule has 2 aliphatic rings. The molecule has 4 rings (SSSR count). The monoisotopic (exact) mass is 309 g/mol. The molecule has 23 heavy (non-hydrogen) atoms. The van der Waals surface area contributed by atoms with Crippen LogP contribution < -0.4 is 0 Å². The number of imidazole rings is 1. The summed E-state index contributed by atoms with van der Waals surface area (Å²) in [6, 6.07) is 8.87. The lowest BCUT2D eigenvalue weighted by atomic mass is 9.88. The van der Waals surface area contributed by atoms with Crippen LogP contribution in [0.2, 0.25) is 0 Å². The zero-order valence-corrected chi connectivity index (χ0v) is 13.8. The average Bonchev–Trinajstić information content (AvgIpc) is 3.29. The third kappa shape index (κ3) is 2.56. The van der Waals surface area contributed by atoms with E-state index >= 15 is 0 Å². The van der Waals surface area contributed by atoms with Gasteiger partial charge in [-0.1, -0.05) is 24.3 Å². The van der Waals surface area contributed by atoms with Crippen molar-refractivity contribution >= 4 is 5.91 Å². The van der Waals surface area contributed by atoms with E-state index in [0.29, 0.717) is 11.9 Å². The molecule has 120 valence electrons. The minimum absolute atomic E-state index is 0.167. The normalized spacial score (nSPS) is 20.7. The van der Waals surface area contributed by atoms with Gasteiger partial charge in [-0.15, -0.1) is 0 Å². The van der Waals surface area contributed by atoms with Crippen LogP contribution in [0.15, 0.2) is 36.7 Å². The van der Waals surface area contributed by atoms with Crippen molar-refractivity contribution in [2.45, 2.75) is 45.2 Å². The second-order valence-corrected chi connectivity index (χ2v) is 7.03. The second kappa shape index (κ2) is 5.52. The van der Waals surface area contributed by atoms with Crippen molar-refractivity contribution in [1.82, 2.24) is 14.5 Å². The summed E-state index contributed by atoms with van der Waals surface area (Å²) in [4.78, 5) is 19.3. The molecule has 1 saturated carbocycles. The van der Waals surface area contributed by atoms with Gasteiger partial charge in [-0.25, -0.2) is 4.98 Å². The fraction of sp³-hybridized carbons (Fsp3) is 0.474. The molecule has 1 amide bonds. The molecule has 2 heterocycles. The fourth-order valence-electron chi connectivity index (χ4n) is 3.62. The van der Waals surface area contributed by atoms with Crippen molar-refractivity contribution in [3.63, 3.8) is 0 Å². The Morgan fingerprint density at radius 3 is 2.78 bits per heavy atom. The maximum absolute atomic E-state index is 12.6. The van der Waals surface area contributed by atoms with Gasteiger partial charge in [0.05, 0.1) is 5.92 Å². The first-order valence-corrected chi connectivity index (χ1v) is 8.54. The van der Waals surface area contributed by atoms with Crippen LogP contribution in [0.5, 0.6) is 0 Å². The Morgan fingerprint density at radius 2 is 2.04 bits per heavy atom. The first-order chi connectivity index (χ1) is 11.1. The predicted molar refractivity (Wildman–Crippen MR) is 89.0 cm³/mol. The molecule has 1 aliphatic heterocycles. The highest BCUT2D eigenvalue weighted by Crippen LogP contribution is 2.37. The van der Waals surface area contributed by atoms with E-state index in [9.17, 15) is 4.79 Å². The predicted octanol–water partition coefficient (Wildman–Crippen LogP) is 3.35. The number of carbonyl (C=O) groups excluding carboxylic acids is 1. The van der Waals surface area contributed by atoms with Crippen molar-refractivity contribution in [1.29, 1.82) is 0 Å². The van der Waals surface area contributed by atoms with E-state index in [1.54, 1.807) is 0 Å². The number of fused-ring (bicyclic) bond motifs is 1. The summed E-state index contributed by atoms with van der Waals surface area (Å²) in [6.07, 6.45) is 6.04. The van der Waals surface area contributed by atoms with Crippen molar-refractivity contribution in [2.75, 3.05) is 6.54 Å². The summed E-state index contributed by atoms with van der Waals surface area (Å²) in [5.41, 5.74) is 2.58. The third-order valence-corrected chi connectivity index (χ3v) is 5.00. The van der Waals surface area contributed by atoms with Gasteiger partial charge in [0.25, 0.3) is 0 Å². The maximum Gasteiger partial charge on any atom is 0.226 e. The van der Waals surface area contributed by atoms with Crippen LogP contribution in [0.25, 0.3) is 0 Å². The van der Waals surface area contributed by atoms with Gasteiger partial charge in [-0.05, 0) is 37.8 Å². The fourth-order valence-corrected chi connectivity index (χ4v) is 3.62. The number of rotatable bonds is 3. The van der Waals surface area contributed by atoms with Crippen molar-refractivity contribution < 1.29 is 4.79 Å². The van der Waals surface area contributed by atoms with E-state index in [1.807, 2.05) is 17.3 Å². The molecule has 0 radical (unpaired) electrons. The van der Waals surface area contributed by atoms with Gasteiger partial charge in [0.2, 0.25) is 5.91 Å². The highest BCUT2D eigenvalue weighted by molar-refractivity contribution is 5.81. The molecule has 4 heteroatoms. The van der Waals surface area contributed by atoms with E-state index in [1.165, 1.54) is 11.1 Å². The van der Waals surface area contributed by atoms with Crippen molar-refractivity contribution in [3.8, 4) is 0 Å². The number of benzene rings is 1. The van der Waals surface area contributed by atoms with Crippen LogP contribution in [0.4, 0.5) is 0 Å². The third-order valence-electron chi connectivity index (χ3n) is 5.00. The first-order valence-electron chi connectivity index (χ1n) is 8.54. The molecule has 0 bridgehead atoms. The summed E-state index contributed by atoms with van der Waals surface area (Å²) in [7, 11) is 0. The number of nitrogens with zero attached hydrogens (tertiary/aromatic N) is 3. The molecule has 1 fully saturated rings. The number of amides is 1. The zero-order chi connectivity index (χ0) is 16.0. The summed E-state index contributed by atoms with van der Waals surface area (Å²) < 4.78 is 2.23. The van der Waals surface area contributed by atoms with Gasteiger partial charge in [0.1, 0.15) is 5.82 Å². The maximum atomic E-state index is 12.6. The van der Waals surface area contributed by atoms with Crippen LogP contribution >= 0.6 is 0 Å². The summed E-state index contributed by atoms with van der Waals surface area (Å²) in [6.45, 7) is 5.83. The van der Waals surface area contributed by atoms with E-state index in [0.717, 1.165) is 31.8 Å². The molecule has 0 N–H and O–H groups in total. The molecule has 1 aliphatic carbocycles.